The van der Waals surface area contributed by atoms with Crippen molar-refractivity contribution in [1.82, 2.24) is 0 Å². The first kappa shape index (κ1) is 25.0. The summed E-state index contributed by atoms with van der Waals surface area (Å²) in [5, 5.41) is 0. The molecule has 0 aromatic heterocycles. The van der Waals surface area contributed by atoms with Crippen molar-refractivity contribution in [2.45, 2.75) is 13.5 Å². The highest BCUT2D eigenvalue weighted by molar-refractivity contribution is 5.91. The number of rotatable bonds is 8. The van der Waals surface area contributed by atoms with Crippen LogP contribution in [0.25, 0.3) is 22.3 Å². The number of carbonyl (C=O) groups is 1. The molecule has 0 heterocycles. The Bertz CT molecular complexity index is 1370. The van der Waals surface area contributed by atoms with Crippen LogP contribution in [0.3, 0.4) is 0 Å². The fourth-order valence-electron chi connectivity index (χ4n) is 3.66. The Labute approximate surface area is 206 Å². The SMILES string of the molecule is CCOCc1ccc(C(=O)Oc2ccc(-c3ccc(-c4ccc(OC)cc4)c(F)c3F)cc2)c(F)c1. The highest BCUT2D eigenvalue weighted by Gasteiger charge is 2.18. The smallest absolute Gasteiger partial charge is 0.346 e. The predicted octanol–water partition coefficient (Wildman–Crippen LogP) is 7.20. The van der Waals surface area contributed by atoms with Crippen LogP contribution in [0, 0.1) is 17.5 Å². The molecule has 36 heavy (non-hydrogen) atoms. The molecule has 0 saturated carbocycles. The summed E-state index contributed by atoms with van der Waals surface area (Å²) in [6, 6.07) is 19.6. The van der Waals surface area contributed by atoms with Crippen molar-refractivity contribution >= 4 is 5.97 Å². The molecule has 0 unspecified atom stereocenters. The number of ether oxygens (including phenoxy) is 3. The van der Waals surface area contributed by atoms with Crippen LogP contribution in [0.2, 0.25) is 0 Å². The Morgan fingerprint density at radius 3 is 1.81 bits per heavy atom. The molecule has 4 nitrogen and oxygen atoms in total. The van der Waals surface area contributed by atoms with Gasteiger partial charge in [-0.2, -0.15) is 0 Å². The van der Waals surface area contributed by atoms with Crippen molar-refractivity contribution in [3.63, 3.8) is 0 Å². The summed E-state index contributed by atoms with van der Waals surface area (Å²) in [6.07, 6.45) is 0. The van der Waals surface area contributed by atoms with Gasteiger partial charge < -0.3 is 14.2 Å². The van der Waals surface area contributed by atoms with Gasteiger partial charge in [0.1, 0.15) is 17.3 Å². The lowest BCUT2D eigenvalue weighted by atomic mass is 9.98. The molecule has 0 amide bonds. The molecule has 0 aliphatic heterocycles. The predicted molar refractivity (Wildman–Crippen MR) is 130 cm³/mol. The highest BCUT2D eigenvalue weighted by Crippen LogP contribution is 2.33. The molecule has 184 valence electrons. The fraction of sp³-hybridized carbons (Fsp3) is 0.138. The average molecular weight is 492 g/mol. The van der Waals surface area contributed by atoms with E-state index in [9.17, 15) is 18.0 Å². The minimum absolute atomic E-state index is 0.0542. The summed E-state index contributed by atoms with van der Waals surface area (Å²) in [5.41, 5.74) is 1.46. The van der Waals surface area contributed by atoms with Crippen molar-refractivity contribution in [1.29, 1.82) is 0 Å². The van der Waals surface area contributed by atoms with E-state index < -0.39 is 23.4 Å². The largest absolute Gasteiger partial charge is 0.497 e. The zero-order valence-corrected chi connectivity index (χ0v) is 19.7. The van der Waals surface area contributed by atoms with Crippen molar-refractivity contribution in [2.24, 2.45) is 0 Å². The number of esters is 1. The van der Waals surface area contributed by atoms with Gasteiger partial charge in [0.05, 0.1) is 19.3 Å². The van der Waals surface area contributed by atoms with E-state index in [1.54, 1.807) is 30.3 Å². The molecule has 0 aliphatic rings. The zero-order chi connectivity index (χ0) is 25.7. The first-order valence-corrected chi connectivity index (χ1v) is 11.2. The number of hydrogen-bond donors (Lipinski definition) is 0. The third-order valence-electron chi connectivity index (χ3n) is 5.59. The summed E-state index contributed by atoms with van der Waals surface area (Å²) in [4.78, 5) is 12.4. The maximum Gasteiger partial charge on any atom is 0.346 e. The molecule has 0 atom stereocenters. The molecule has 7 heteroatoms. The molecular formula is C29H23F3O4. The quantitative estimate of drug-likeness (QED) is 0.193. The molecule has 0 radical (unpaired) electrons. The lowest BCUT2D eigenvalue weighted by Crippen LogP contribution is -2.11. The van der Waals surface area contributed by atoms with Gasteiger partial charge in [0.15, 0.2) is 11.6 Å². The number of hydrogen-bond acceptors (Lipinski definition) is 4. The van der Waals surface area contributed by atoms with E-state index in [4.69, 9.17) is 14.2 Å². The summed E-state index contributed by atoms with van der Waals surface area (Å²) in [6.45, 7) is 2.56. The first-order valence-electron chi connectivity index (χ1n) is 11.2. The Morgan fingerprint density at radius 2 is 1.31 bits per heavy atom. The van der Waals surface area contributed by atoms with Gasteiger partial charge in [-0.3, -0.25) is 0 Å². The maximum absolute atomic E-state index is 14.9. The van der Waals surface area contributed by atoms with Gasteiger partial charge in [0.25, 0.3) is 0 Å². The molecule has 4 aromatic carbocycles. The van der Waals surface area contributed by atoms with Crippen molar-refractivity contribution in [3.05, 3.63) is 107 Å². The van der Waals surface area contributed by atoms with E-state index in [-0.39, 0.29) is 29.0 Å². The third kappa shape index (κ3) is 5.42. The summed E-state index contributed by atoms with van der Waals surface area (Å²) >= 11 is 0. The lowest BCUT2D eigenvalue weighted by Gasteiger charge is -2.11. The Morgan fingerprint density at radius 1 is 0.750 bits per heavy atom. The summed E-state index contributed by atoms with van der Waals surface area (Å²) in [5.74, 6) is -2.82. The van der Waals surface area contributed by atoms with E-state index in [1.165, 1.54) is 55.6 Å². The zero-order valence-electron chi connectivity index (χ0n) is 19.7. The van der Waals surface area contributed by atoms with Crippen LogP contribution >= 0.6 is 0 Å². The third-order valence-corrected chi connectivity index (χ3v) is 5.59. The first-order chi connectivity index (χ1) is 17.4. The van der Waals surface area contributed by atoms with E-state index in [0.29, 0.717) is 29.0 Å². The van der Waals surface area contributed by atoms with Gasteiger partial charge in [-0.05, 0) is 60.0 Å². The molecule has 0 aliphatic carbocycles. The van der Waals surface area contributed by atoms with E-state index in [2.05, 4.69) is 0 Å². The van der Waals surface area contributed by atoms with Gasteiger partial charge in [-0.25, -0.2) is 18.0 Å². The van der Waals surface area contributed by atoms with Gasteiger partial charge >= 0.3 is 5.97 Å². The molecule has 0 fully saturated rings. The highest BCUT2D eigenvalue weighted by atomic mass is 19.2. The van der Waals surface area contributed by atoms with Crippen LogP contribution in [-0.2, 0) is 11.3 Å². The van der Waals surface area contributed by atoms with E-state index >= 15 is 0 Å². The number of halogens is 3. The van der Waals surface area contributed by atoms with Gasteiger partial charge in [0, 0.05) is 17.7 Å². The Balaban J connectivity index is 1.50. The fourth-order valence-corrected chi connectivity index (χ4v) is 3.66. The van der Waals surface area contributed by atoms with Gasteiger partial charge in [-0.1, -0.05) is 42.5 Å². The van der Waals surface area contributed by atoms with E-state index in [1.807, 2.05) is 6.92 Å². The minimum atomic E-state index is -0.998. The number of benzene rings is 4. The van der Waals surface area contributed by atoms with Crippen LogP contribution in [0.4, 0.5) is 13.2 Å². The second-order valence-corrected chi connectivity index (χ2v) is 7.88. The van der Waals surface area contributed by atoms with Crippen LogP contribution in [0.5, 0.6) is 11.5 Å². The van der Waals surface area contributed by atoms with Crippen molar-refractivity contribution in [3.8, 4) is 33.8 Å². The van der Waals surface area contributed by atoms with Crippen LogP contribution in [-0.4, -0.2) is 19.7 Å². The second-order valence-electron chi connectivity index (χ2n) is 7.88. The molecule has 0 spiro atoms. The monoisotopic (exact) mass is 492 g/mol. The Kier molecular flexibility index (Phi) is 7.71. The lowest BCUT2D eigenvalue weighted by molar-refractivity contribution is 0.0729. The Hall–Kier alpha value is -4.10. The molecule has 0 bridgehead atoms. The van der Waals surface area contributed by atoms with Crippen LogP contribution in [0.15, 0.2) is 78.9 Å². The van der Waals surface area contributed by atoms with E-state index in [0.717, 1.165) is 0 Å². The molecule has 0 N–H and O–H groups in total. The molecule has 4 aromatic rings. The topological polar surface area (TPSA) is 44.8 Å². The summed E-state index contributed by atoms with van der Waals surface area (Å²) in [7, 11) is 1.52. The second kappa shape index (κ2) is 11.1. The number of methoxy groups -OCH3 is 1. The molecular weight excluding hydrogens is 469 g/mol. The minimum Gasteiger partial charge on any atom is -0.497 e. The van der Waals surface area contributed by atoms with Gasteiger partial charge in [0.2, 0.25) is 0 Å². The van der Waals surface area contributed by atoms with Gasteiger partial charge in [-0.15, -0.1) is 0 Å². The number of carbonyl (C=O) groups excluding carboxylic acids is 1. The molecule has 0 saturated heterocycles. The standard InChI is InChI=1S/C29H23F3O4/c1-3-35-17-18-4-13-25(26(30)16-18)29(33)36-22-11-7-20(8-12-22)24-15-14-23(27(31)28(24)32)19-5-9-21(34-2)10-6-19/h4-16H,3,17H2,1-2H3. The maximum atomic E-state index is 14.9. The average Bonchev–Trinajstić information content (AvgIpc) is 2.89. The normalized spacial score (nSPS) is 10.8. The van der Waals surface area contributed by atoms with Crippen molar-refractivity contribution < 1.29 is 32.2 Å². The molecule has 4 rings (SSSR count). The van der Waals surface area contributed by atoms with Crippen LogP contribution < -0.4 is 9.47 Å². The summed E-state index contributed by atoms with van der Waals surface area (Å²) < 4.78 is 59.7. The van der Waals surface area contributed by atoms with Crippen LogP contribution in [0.1, 0.15) is 22.8 Å². The van der Waals surface area contributed by atoms with Crippen molar-refractivity contribution in [2.75, 3.05) is 13.7 Å².